The van der Waals surface area contributed by atoms with Crippen LogP contribution in [0.1, 0.15) is 63.5 Å². The summed E-state index contributed by atoms with van der Waals surface area (Å²) in [6.45, 7) is 9.92. The molecule has 0 aliphatic carbocycles. The average molecular weight is 544 g/mol. The number of nitrogens with zero attached hydrogens (tertiary/aromatic N) is 2. The lowest BCUT2D eigenvalue weighted by molar-refractivity contribution is 0.353. The van der Waals surface area contributed by atoms with Crippen molar-refractivity contribution in [2.45, 2.75) is 58.4 Å². The SMILES string of the molecule is CCC(CC)c1cc(CNC(=NC)NCC(C)(C)c2ccc(OC)c(OC)c2)on1.I. The van der Waals surface area contributed by atoms with E-state index in [1.165, 1.54) is 0 Å². The number of halogens is 1. The number of methoxy groups -OCH3 is 2. The van der Waals surface area contributed by atoms with E-state index in [0.29, 0.717) is 25.0 Å². The van der Waals surface area contributed by atoms with E-state index in [1.807, 2.05) is 18.2 Å². The van der Waals surface area contributed by atoms with Crippen LogP contribution in [0.3, 0.4) is 0 Å². The summed E-state index contributed by atoms with van der Waals surface area (Å²) in [4.78, 5) is 4.32. The van der Waals surface area contributed by atoms with Crippen molar-refractivity contribution in [3.63, 3.8) is 0 Å². The van der Waals surface area contributed by atoms with Crippen molar-refractivity contribution in [3.8, 4) is 11.5 Å². The van der Waals surface area contributed by atoms with Crippen molar-refractivity contribution in [1.29, 1.82) is 0 Å². The number of aromatic nitrogens is 1. The number of benzene rings is 1. The minimum Gasteiger partial charge on any atom is -0.493 e. The molecule has 0 bridgehead atoms. The van der Waals surface area contributed by atoms with Crippen molar-refractivity contribution in [2.75, 3.05) is 27.8 Å². The van der Waals surface area contributed by atoms with E-state index < -0.39 is 0 Å². The molecule has 2 aromatic rings. The topological polar surface area (TPSA) is 80.9 Å². The molecule has 1 aromatic heterocycles. The van der Waals surface area contributed by atoms with Gasteiger partial charge in [0.25, 0.3) is 0 Å². The molecule has 0 saturated carbocycles. The summed E-state index contributed by atoms with van der Waals surface area (Å²) in [6, 6.07) is 8.05. The molecule has 2 N–H and O–H groups in total. The molecule has 0 fully saturated rings. The van der Waals surface area contributed by atoms with E-state index in [4.69, 9.17) is 14.0 Å². The number of aliphatic imine (C=N–C) groups is 1. The highest BCUT2D eigenvalue weighted by molar-refractivity contribution is 14.0. The maximum atomic E-state index is 5.49. The maximum absolute atomic E-state index is 5.49. The standard InChI is InChI=1S/C23H36N4O3.HI/c1-8-16(9-2)19-13-18(30-27-19)14-25-22(24-5)26-15-23(3,4)17-10-11-20(28-6)21(12-17)29-7;/h10-13,16H,8-9,14-15H2,1-7H3,(H2,24,25,26);1H. The van der Waals surface area contributed by atoms with Gasteiger partial charge in [-0.2, -0.15) is 0 Å². The second-order valence-corrected chi connectivity index (χ2v) is 7.96. The second-order valence-electron chi connectivity index (χ2n) is 7.96. The van der Waals surface area contributed by atoms with Crippen LogP contribution in [0.5, 0.6) is 11.5 Å². The van der Waals surface area contributed by atoms with Gasteiger partial charge >= 0.3 is 0 Å². The van der Waals surface area contributed by atoms with Crippen molar-refractivity contribution in [3.05, 3.63) is 41.3 Å². The number of hydrogen-bond acceptors (Lipinski definition) is 5. The molecular weight excluding hydrogens is 507 g/mol. The molecule has 8 heteroatoms. The van der Waals surface area contributed by atoms with Crippen molar-refractivity contribution < 1.29 is 14.0 Å². The third-order valence-corrected chi connectivity index (χ3v) is 5.50. The molecule has 0 aliphatic heterocycles. The molecule has 31 heavy (non-hydrogen) atoms. The molecule has 174 valence electrons. The van der Waals surface area contributed by atoms with E-state index in [0.717, 1.165) is 41.4 Å². The molecule has 0 atom stereocenters. The number of nitrogens with one attached hydrogen (secondary N) is 2. The molecule has 1 heterocycles. The Bertz CT molecular complexity index is 832. The fraction of sp³-hybridized carbons (Fsp3) is 0.565. The van der Waals surface area contributed by atoms with Crippen LogP contribution in [0.15, 0.2) is 33.8 Å². The van der Waals surface area contributed by atoms with Gasteiger partial charge in [0, 0.05) is 31.0 Å². The molecule has 0 unspecified atom stereocenters. The number of guanidine groups is 1. The third-order valence-electron chi connectivity index (χ3n) is 5.50. The minimum atomic E-state index is -0.147. The predicted molar refractivity (Wildman–Crippen MR) is 136 cm³/mol. The third kappa shape index (κ3) is 7.29. The van der Waals surface area contributed by atoms with E-state index in [2.05, 4.69) is 54.5 Å². The normalized spacial score (nSPS) is 11.8. The highest BCUT2D eigenvalue weighted by Crippen LogP contribution is 2.32. The van der Waals surface area contributed by atoms with Crippen LogP contribution in [0.25, 0.3) is 0 Å². The largest absolute Gasteiger partial charge is 0.493 e. The van der Waals surface area contributed by atoms with Gasteiger partial charge in [0.15, 0.2) is 23.2 Å². The maximum Gasteiger partial charge on any atom is 0.191 e. The first kappa shape index (κ1) is 27.1. The molecule has 0 radical (unpaired) electrons. The van der Waals surface area contributed by atoms with Gasteiger partial charge in [0.05, 0.1) is 26.5 Å². The number of hydrogen-bond donors (Lipinski definition) is 2. The van der Waals surface area contributed by atoms with Crippen molar-refractivity contribution in [2.24, 2.45) is 4.99 Å². The number of rotatable bonds is 10. The van der Waals surface area contributed by atoms with Crippen LogP contribution in [-0.4, -0.2) is 38.9 Å². The van der Waals surface area contributed by atoms with Crippen LogP contribution in [0.2, 0.25) is 0 Å². The molecule has 0 saturated heterocycles. The first-order valence-corrected chi connectivity index (χ1v) is 10.5. The lowest BCUT2D eigenvalue weighted by Crippen LogP contribution is -2.43. The van der Waals surface area contributed by atoms with E-state index in [9.17, 15) is 0 Å². The van der Waals surface area contributed by atoms with Gasteiger partial charge in [-0.25, -0.2) is 0 Å². The van der Waals surface area contributed by atoms with E-state index in [-0.39, 0.29) is 29.4 Å². The molecule has 2 rings (SSSR count). The van der Waals surface area contributed by atoms with Crippen LogP contribution in [-0.2, 0) is 12.0 Å². The monoisotopic (exact) mass is 544 g/mol. The molecule has 1 aromatic carbocycles. The van der Waals surface area contributed by atoms with Crippen molar-refractivity contribution in [1.82, 2.24) is 15.8 Å². The first-order valence-electron chi connectivity index (χ1n) is 10.5. The van der Waals surface area contributed by atoms with Crippen LogP contribution < -0.4 is 20.1 Å². The van der Waals surface area contributed by atoms with E-state index in [1.54, 1.807) is 21.3 Å². The van der Waals surface area contributed by atoms with Crippen LogP contribution in [0.4, 0.5) is 0 Å². The molecule has 0 amide bonds. The summed E-state index contributed by atoms with van der Waals surface area (Å²) in [6.07, 6.45) is 2.12. The zero-order valence-corrected chi connectivity index (χ0v) is 22.1. The van der Waals surface area contributed by atoms with Gasteiger partial charge in [-0.3, -0.25) is 4.99 Å². The second kappa shape index (κ2) is 12.8. The van der Waals surface area contributed by atoms with Gasteiger partial charge in [-0.1, -0.05) is 38.9 Å². The van der Waals surface area contributed by atoms with E-state index >= 15 is 0 Å². The summed E-state index contributed by atoms with van der Waals surface area (Å²) in [5, 5.41) is 10.9. The van der Waals surface area contributed by atoms with Gasteiger partial charge in [-0.05, 0) is 30.5 Å². The lowest BCUT2D eigenvalue weighted by Gasteiger charge is -2.27. The summed E-state index contributed by atoms with van der Waals surface area (Å²) in [5.74, 6) is 3.41. The Morgan fingerprint density at radius 2 is 1.77 bits per heavy atom. The predicted octanol–water partition coefficient (Wildman–Crippen LogP) is 4.86. The fourth-order valence-electron chi connectivity index (χ4n) is 3.37. The summed E-state index contributed by atoms with van der Waals surface area (Å²) < 4.78 is 16.3. The summed E-state index contributed by atoms with van der Waals surface area (Å²) in [5.41, 5.74) is 2.02. The minimum absolute atomic E-state index is 0. The fourth-order valence-corrected chi connectivity index (χ4v) is 3.37. The molecule has 7 nitrogen and oxygen atoms in total. The average Bonchev–Trinajstić information content (AvgIpc) is 3.22. The van der Waals surface area contributed by atoms with Crippen LogP contribution >= 0.6 is 24.0 Å². The molecular formula is C23H37IN4O3. The van der Waals surface area contributed by atoms with Gasteiger partial charge in [0.1, 0.15) is 0 Å². The summed E-state index contributed by atoms with van der Waals surface area (Å²) >= 11 is 0. The molecule has 0 spiro atoms. The van der Waals surface area contributed by atoms with Crippen molar-refractivity contribution >= 4 is 29.9 Å². The zero-order valence-electron chi connectivity index (χ0n) is 19.7. The first-order chi connectivity index (χ1) is 14.4. The number of ether oxygens (including phenoxy) is 2. The lowest BCUT2D eigenvalue weighted by atomic mass is 9.84. The summed E-state index contributed by atoms with van der Waals surface area (Å²) in [7, 11) is 5.05. The van der Waals surface area contributed by atoms with Gasteiger partial charge < -0.3 is 24.6 Å². The Kier molecular flexibility index (Phi) is 11.2. The zero-order chi connectivity index (χ0) is 22.1. The Morgan fingerprint density at radius 3 is 2.35 bits per heavy atom. The van der Waals surface area contributed by atoms with Gasteiger partial charge in [0.2, 0.25) is 0 Å². The molecule has 0 aliphatic rings. The van der Waals surface area contributed by atoms with Gasteiger partial charge in [-0.15, -0.1) is 24.0 Å². The highest BCUT2D eigenvalue weighted by Gasteiger charge is 2.23. The van der Waals surface area contributed by atoms with Crippen LogP contribution in [0, 0.1) is 0 Å². The Morgan fingerprint density at radius 1 is 1.10 bits per heavy atom. The highest BCUT2D eigenvalue weighted by atomic mass is 127. The smallest absolute Gasteiger partial charge is 0.191 e. The Hall–Kier alpha value is -1.97. The quantitative estimate of drug-likeness (QED) is 0.253. The Balaban J connectivity index is 0.00000480. The Labute approximate surface area is 203 Å².